The second-order valence-electron chi connectivity index (χ2n) is 4.80. The van der Waals surface area contributed by atoms with E-state index in [1.54, 1.807) is 11.9 Å². The van der Waals surface area contributed by atoms with Crippen LogP contribution in [0.15, 0.2) is 11.8 Å². The zero-order chi connectivity index (χ0) is 14.3. The van der Waals surface area contributed by atoms with Crippen LogP contribution in [0.5, 0.6) is 0 Å². The molecule has 1 saturated heterocycles. The average molecular weight is 266 g/mol. The number of nitriles is 1. The van der Waals surface area contributed by atoms with Gasteiger partial charge in [0.05, 0.1) is 6.61 Å². The fourth-order valence-corrected chi connectivity index (χ4v) is 2.12. The first kappa shape index (κ1) is 15.5. The minimum absolute atomic E-state index is 0.0335. The molecule has 2 N–H and O–H groups in total. The molecule has 0 bridgehead atoms. The van der Waals surface area contributed by atoms with Crippen LogP contribution in [0.1, 0.15) is 12.8 Å². The number of likely N-dealkylation sites (N-methyl/N-ethyl adjacent to an activating group) is 1. The smallest absolute Gasteiger partial charge is 0.265 e. The molecule has 0 saturated carbocycles. The van der Waals surface area contributed by atoms with Crippen LogP contribution in [0.2, 0.25) is 0 Å². The number of rotatable bonds is 5. The highest BCUT2D eigenvalue weighted by Gasteiger charge is 2.25. The van der Waals surface area contributed by atoms with Gasteiger partial charge in [-0.1, -0.05) is 0 Å². The highest BCUT2D eigenvalue weighted by molar-refractivity contribution is 5.97. The minimum atomic E-state index is -0.262. The normalized spacial score (nSPS) is 17.9. The van der Waals surface area contributed by atoms with Gasteiger partial charge in [0, 0.05) is 25.8 Å². The topological polar surface area (TPSA) is 79.6 Å². The van der Waals surface area contributed by atoms with Crippen molar-refractivity contribution in [1.82, 2.24) is 15.1 Å². The lowest BCUT2D eigenvalue weighted by Crippen LogP contribution is -2.45. The molecular formula is C13H22N4O2. The van der Waals surface area contributed by atoms with Gasteiger partial charge in [0.2, 0.25) is 0 Å². The third-order valence-corrected chi connectivity index (χ3v) is 3.41. The monoisotopic (exact) mass is 266 g/mol. The molecule has 0 aromatic heterocycles. The lowest BCUT2D eigenvalue weighted by molar-refractivity contribution is -0.128. The van der Waals surface area contributed by atoms with Crippen LogP contribution in [0.25, 0.3) is 0 Å². The predicted molar refractivity (Wildman–Crippen MR) is 72.1 cm³/mol. The molecule has 0 aliphatic carbocycles. The summed E-state index contributed by atoms with van der Waals surface area (Å²) in [6.07, 6.45) is 3.24. The maximum Gasteiger partial charge on any atom is 0.265 e. The van der Waals surface area contributed by atoms with Gasteiger partial charge in [0.25, 0.3) is 5.91 Å². The van der Waals surface area contributed by atoms with E-state index in [1.165, 1.54) is 6.20 Å². The summed E-state index contributed by atoms with van der Waals surface area (Å²) in [4.78, 5) is 16.1. The molecule has 19 heavy (non-hydrogen) atoms. The van der Waals surface area contributed by atoms with Gasteiger partial charge in [-0.25, -0.2) is 0 Å². The molecule has 6 heteroatoms. The summed E-state index contributed by atoms with van der Waals surface area (Å²) in [5.41, 5.74) is 0.0786. The first-order chi connectivity index (χ1) is 9.10. The summed E-state index contributed by atoms with van der Waals surface area (Å²) in [7, 11) is 3.81. The van der Waals surface area contributed by atoms with Crippen molar-refractivity contribution < 1.29 is 9.90 Å². The Hall–Kier alpha value is -1.58. The predicted octanol–water partition coefficient (Wildman–Crippen LogP) is -0.472. The number of carbonyl (C=O) groups is 1. The van der Waals surface area contributed by atoms with Gasteiger partial charge in [0.15, 0.2) is 0 Å². The number of hydrogen-bond donors (Lipinski definition) is 2. The third-order valence-electron chi connectivity index (χ3n) is 3.41. The molecule has 0 radical (unpaired) electrons. The maximum atomic E-state index is 12.2. The van der Waals surface area contributed by atoms with E-state index in [4.69, 9.17) is 10.4 Å². The fourth-order valence-electron chi connectivity index (χ4n) is 2.12. The van der Waals surface area contributed by atoms with Gasteiger partial charge in [0.1, 0.15) is 11.6 Å². The zero-order valence-corrected chi connectivity index (χ0v) is 11.6. The van der Waals surface area contributed by atoms with E-state index in [-0.39, 0.29) is 24.1 Å². The summed E-state index contributed by atoms with van der Waals surface area (Å²) < 4.78 is 0. The number of nitrogens with zero attached hydrogens (tertiary/aromatic N) is 3. The number of hydrogen-bond acceptors (Lipinski definition) is 5. The Morgan fingerprint density at radius 2 is 2.21 bits per heavy atom. The first-order valence-electron chi connectivity index (χ1n) is 6.50. The zero-order valence-electron chi connectivity index (χ0n) is 11.6. The standard InChI is InChI=1S/C13H22N4O2/c1-16-6-3-12(4-7-16)17(2)13(19)11(9-14)10-15-5-8-18/h10,12,15,18H,3-8H2,1-2H3/b11-10-. The van der Waals surface area contributed by atoms with Gasteiger partial charge in [-0.3, -0.25) is 4.79 Å². The molecule has 1 heterocycles. The SMILES string of the molecule is CN1CCC(N(C)C(=O)/C(C#N)=C\NCCO)CC1. The summed E-state index contributed by atoms with van der Waals surface area (Å²) >= 11 is 0. The summed E-state index contributed by atoms with van der Waals surface area (Å²) in [5.74, 6) is -0.262. The van der Waals surface area contributed by atoms with Gasteiger partial charge >= 0.3 is 0 Å². The Kier molecular flexibility index (Phi) is 6.33. The molecule has 0 unspecified atom stereocenters. The van der Waals surface area contributed by atoms with E-state index in [2.05, 4.69) is 17.3 Å². The van der Waals surface area contributed by atoms with Crippen molar-refractivity contribution in [2.75, 3.05) is 40.3 Å². The van der Waals surface area contributed by atoms with Gasteiger partial charge in [-0.2, -0.15) is 5.26 Å². The molecular weight excluding hydrogens is 244 g/mol. The number of nitrogens with one attached hydrogen (secondary N) is 1. The molecule has 0 aromatic rings. The molecule has 1 aliphatic rings. The molecule has 1 rings (SSSR count). The number of amides is 1. The van der Waals surface area contributed by atoms with E-state index in [0.717, 1.165) is 25.9 Å². The van der Waals surface area contributed by atoms with Crippen LogP contribution in [0, 0.1) is 11.3 Å². The third kappa shape index (κ3) is 4.54. The van der Waals surface area contributed by atoms with Crippen LogP contribution in [-0.2, 0) is 4.79 Å². The number of carbonyl (C=O) groups excluding carboxylic acids is 1. The summed E-state index contributed by atoms with van der Waals surface area (Å²) in [6.45, 7) is 2.23. The Balaban J connectivity index is 2.59. The molecule has 6 nitrogen and oxygen atoms in total. The molecule has 1 amide bonds. The van der Waals surface area contributed by atoms with Crippen LogP contribution in [-0.4, -0.2) is 67.2 Å². The van der Waals surface area contributed by atoms with Crippen molar-refractivity contribution >= 4 is 5.91 Å². The number of aliphatic hydroxyl groups excluding tert-OH is 1. The largest absolute Gasteiger partial charge is 0.395 e. The van der Waals surface area contributed by atoms with E-state index in [9.17, 15) is 4.79 Å². The highest BCUT2D eigenvalue weighted by atomic mass is 16.3. The molecule has 0 aromatic carbocycles. The van der Waals surface area contributed by atoms with Gasteiger partial charge < -0.3 is 20.2 Å². The van der Waals surface area contributed by atoms with Gasteiger partial charge in [-0.05, 0) is 33.0 Å². The molecule has 0 atom stereocenters. The van der Waals surface area contributed by atoms with Crippen LogP contribution in [0.4, 0.5) is 0 Å². The summed E-state index contributed by atoms with van der Waals surface area (Å²) in [5, 5.41) is 20.4. The Morgan fingerprint density at radius 1 is 1.58 bits per heavy atom. The Labute approximate surface area is 114 Å². The molecule has 1 aliphatic heterocycles. The minimum Gasteiger partial charge on any atom is -0.395 e. The maximum absolute atomic E-state index is 12.2. The second-order valence-corrected chi connectivity index (χ2v) is 4.80. The average Bonchev–Trinajstić information content (AvgIpc) is 2.43. The van der Waals surface area contributed by atoms with Crippen LogP contribution < -0.4 is 5.32 Å². The van der Waals surface area contributed by atoms with Crippen LogP contribution in [0.3, 0.4) is 0 Å². The highest BCUT2D eigenvalue weighted by Crippen LogP contribution is 2.15. The lowest BCUT2D eigenvalue weighted by Gasteiger charge is -2.34. The molecule has 106 valence electrons. The summed E-state index contributed by atoms with van der Waals surface area (Å²) in [6, 6.07) is 2.10. The molecule has 1 fully saturated rings. The van der Waals surface area contributed by atoms with E-state index < -0.39 is 0 Å². The van der Waals surface area contributed by atoms with Crippen molar-refractivity contribution in [3.63, 3.8) is 0 Å². The molecule has 0 spiro atoms. The van der Waals surface area contributed by atoms with E-state index in [1.807, 2.05) is 6.07 Å². The van der Waals surface area contributed by atoms with Crippen molar-refractivity contribution in [1.29, 1.82) is 5.26 Å². The number of piperidine rings is 1. The van der Waals surface area contributed by atoms with Crippen LogP contribution >= 0.6 is 0 Å². The number of likely N-dealkylation sites (tertiary alicyclic amines) is 1. The van der Waals surface area contributed by atoms with Crippen molar-refractivity contribution in [2.45, 2.75) is 18.9 Å². The fraction of sp³-hybridized carbons (Fsp3) is 0.692. The number of aliphatic hydroxyl groups is 1. The second kappa shape index (κ2) is 7.77. The Morgan fingerprint density at radius 3 is 2.74 bits per heavy atom. The Bertz CT molecular complexity index is 367. The first-order valence-corrected chi connectivity index (χ1v) is 6.50. The quantitative estimate of drug-likeness (QED) is 0.399. The van der Waals surface area contributed by atoms with Crippen molar-refractivity contribution in [3.8, 4) is 6.07 Å². The van der Waals surface area contributed by atoms with Crippen molar-refractivity contribution in [3.05, 3.63) is 11.8 Å². The lowest BCUT2D eigenvalue weighted by atomic mass is 10.0. The van der Waals surface area contributed by atoms with E-state index >= 15 is 0 Å². The van der Waals surface area contributed by atoms with Gasteiger partial charge in [-0.15, -0.1) is 0 Å². The van der Waals surface area contributed by atoms with E-state index in [0.29, 0.717) is 6.54 Å². The van der Waals surface area contributed by atoms with Crippen molar-refractivity contribution in [2.24, 2.45) is 0 Å².